The highest BCUT2D eigenvalue weighted by Gasteiger charge is 2.34. The molecule has 0 bridgehead atoms. The number of rotatable bonds is 5. The van der Waals surface area contributed by atoms with Crippen molar-refractivity contribution in [3.8, 4) is 11.5 Å². The number of nitrogens with zero attached hydrogens (tertiary/aromatic N) is 3. The highest BCUT2D eigenvalue weighted by Crippen LogP contribution is 2.42. The van der Waals surface area contributed by atoms with E-state index in [9.17, 15) is 0 Å². The Morgan fingerprint density at radius 1 is 1.00 bits per heavy atom. The van der Waals surface area contributed by atoms with Crippen molar-refractivity contribution in [2.24, 2.45) is 0 Å². The molecule has 0 unspecified atom stereocenters. The predicted octanol–water partition coefficient (Wildman–Crippen LogP) is 4.03. The van der Waals surface area contributed by atoms with Gasteiger partial charge in [-0.3, -0.25) is 0 Å². The quantitative estimate of drug-likeness (QED) is 0.696. The van der Waals surface area contributed by atoms with Gasteiger partial charge in [-0.2, -0.15) is 5.10 Å². The molecule has 0 atom stereocenters. The maximum Gasteiger partial charge on any atom is 0.161 e. The van der Waals surface area contributed by atoms with Gasteiger partial charge in [0.05, 0.1) is 20.4 Å². The molecule has 3 aromatic rings. The summed E-state index contributed by atoms with van der Waals surface area (Å²) in [4.78, 5) is 2.25. The summed E-state index contributed by atoms with van der Waals surface area (Å²) < 4.78 is 10.9. The fourth-order valence-corrected chi connectivity index (χ4v) is 3.73. The minimum atomic E-state index is 0.466. The molecule has 134 valence electrons. The first kappa shape index (κ1) is 16.6. The molecule has 0 radical (unpaired) electrons. The Bertz CT molecular complexity index is 908. The molecule has 1 heterocycles. The first-order chi connectivity index (χ1) is 12.7. The molecule has 0 amide bonds. The fourth-order valence-electron chi connectivity index (χ4n) is 3.73. The molecule has 26 heavy (non-hydrogen) atoms. The van der Waals surface area contributed by atoms with Gasteiger partial charge >= 0.3 is 0 Å². The smallest absolute Gasteiger partial charge is 0.161 e. The third kappa shape index (κ3) is 2.83. The number of fused-ring (bicyclic) bond motifs is 1. The molecule has 1 aromatic heterocycles. The van der Waals surface area contributed by atoms with E-state index in [1.165, 1.54) is 5.56 Å². The number of benzene rings is 2. The average molecular weight is 349 g/mol. The van der Waals surface area contributed by atoms with E-state index in [0.717, 1.165) is 29.4 Å². The van der Waals surface area contributed by atoms with Gasteiger partial charge in [-0.1, -0.05) is 30.3 Å². The molecule has 4 rings (SSSR count). The predicted molar refractivity (Wildman–Crippen MR) is 103 cm³/mol. The van der Waals surface area contributed by atoms with Crippen molar-refractivity contribution in [3.63, 3.8) is 0 Å². The Hall–Kier alpha value is -2.82. The second kappa shape index (κ2) is 6.83. The summed E-state index contributed by atoms with van der Waals surface area (Å²) in [7, 11) is 5.40. The number of anilines is 1. The Balaban J connectivity index is 1.60. The van der Waals surface area contributed by atoms with Crippen molar-refractivity contribution in [1.29, 1.82) is 0 Å². The van der Waals surface area contributed by atoms with Crippen LogP contribution in [-0.2, 0) is 0 Å². The van der Waals surface area contributed by atoms with E-state index in [1.807, 2.05) is 12.1 Å². The zero-order valence-corrected chi connectivity index (χ0v) is 15.3. The molecule has 1 fully saturated rings. The van der Waals surface area contributed by atoms with Crippen molar-refractivity contribution in [3.05, 3.63) is 54.2 Å². The van der Waals surface area contributed by atoms with Crippen molar-refractivity contribution >= 4 is 16.6 Å². The summed E-state index contributed by atoms with van der Waals surface area (Å²) >= 11 is 0. The van der Waals surface area contributed by atoms with Crippen molar-refractivity contribution in [2.75, 3.05) is 26.2 Å². The summed E-state index contributed by atoms with van der Waals surface area (Å²) in [6, 6.07) is 15.1. The monoisotopic (exact) mass is 349 g/mol. The topological polar surface area (TPSA) is 47.5 Å². The summed E-state index contributed by atoms with van der Waals surface area (Å²) in [5.74, 6) is 2.92. The molecule has 0 spiro atoms. The van der Waals surface area contributed by atoms with Gasteiger partial charge in [0.2, 0.25) is 0 Å². The van der Waals surface area contributed by atoms with Crippen LogP contribution in [0.3, 0.4) is 0 Å². The van der Waals surface area contributed by atoms with Gasteiger partial charge in [0.1, 0.15) is 0 Å². The zero-order chi connectivity index (χ0) is 18.1. The number of methoxy groups -OCH3 is 2. The van der Waals surface area contributed by atoms with Crippen LogP contribution in [0.4, 0.5) is 5.82 Å². The Morgan fingerprint density at radius 3 is 2.38 bits per heavy atom. The second-order valence-electron chi connectivity index (χ2n) is 6.81. The van der Waals surface area contributed by atoms with Gasteiger partial charge < -0.3 is 14.4 Å². The minimum Gasteiger partial charge on any atom is -0.493 e. The van der Waals surface area contributed by atoms with Crippen LogP contribution in [0.2, 0.25) is 0 Å². The molecule has 5 nitrogen and oxygen atoms in total. The summed E-state index contributed by atoms with van der Waals surface area (Å²) in [6.45, 7) is 0. The number of hydrogen-bond acceptors (Lipinski definition) is 5. The maximum atomic E-state index is 5.46. The van der Waals surface area contributed by atoms with Crippen LogP contribution in [0, 0.1) is 0 Å². The van der Waals surface area contributed by atoms with E-state index in [-0.39, 0.29) is 0 Å². The molecule has 0 aliphatic heterocycles. The Labute approximate surface area is 153 Å². The highest BCUT2D eigenvalue weighted by atomic mass is 16.5. The van der Waals surface area contributed by atoms with Gasteiger partial charge in [-0.15, -0.1) is 5.10 Å². The van der Waals surface area contributed by atoms with Gasteiger partial charge in [-0.05, 0) is 36.5 Å². The van der Waals surface area contributed by atoms with Crippen molar-refractivity contribution in [2.45, 2.75) is 24.8 Å². The first-order valence-corrected chi connectivity index (χ1v) is 8.86. The third-order valence-corrected chi connectivity index (χ3v) is 5.41. The van der Waals surface area contributed by atoms with Crippen LogP contribution in [0.5, 0.6) is 11.5 Å². The van der Waals surface area contributed by atoms with Gasteiger partial charge in [0.25, 0.3) is 0 Å². The first-order valence-electron chi connectivity index (χ1n) is 8.86. The van der Waals surface area contributed by atoms with E-state index in [1.54, 1.807) is 20.4 Å². The lowest BCUT2D eigenvalue weighted by Gasteiger charge is -2.42. The van der Waals surface area contributed by atoms with E-state index in [4.69, 9.17) is 9.47 Å². The molecule has 1 aliphatic carbocycles. The summed E-state index contributed by atoms with van der Waals surface area (Å²) in [5, 5.41) is 10.6. The SMILES string of the molecule is COc1cc2cnnc(N(C)C3CC(c4ccccc4)C3)c2cc1OC. The van der Waals surface area contributed by atoms with E-state index in [2.05, 4.69) is 52.5 Å². The van der Waals surface area contributed by atoms with Gasteiger partial charge in [0, 0.05) is 23.9 Å². The number of aromatic nitrogens is 2. The summed E-state index contributed by atoms with van der Waals surface area (Å²) in [5.41, 5.74) is 1.42. The lowest BCUT2D eigenvalue weighted by molar-refractivity contribution is 0.338. The molecular weight excluding hydrogens is 326 g/mol. The highest BCUT2D eigenvalue weighted by molar-refractivity contribution is 5.94. The lowest BCUT2D eigenvalue weighted by Crippen LogP contribution is -2.42. The van der Waals surface area contributed by atoms with Crippen molar-refractivity contribution < 1.29 is 9.47 Å². The van der Waals surface area contributed by atoms with E-state index >= 15 is 0 Å². The van der Waals surface area contributed by atoms with Crippen LogP contribution >= 0.6 is 0 Å². The van der Waals surface area contributed by atoms with Crippen LogP contribution in [-0.4, -0.2) is 37.5 Å². The largest absolute Gasteiger partial charge is 0.493 e. The lowest BCUT2D eigenvalue weighted by atomic mass is 9.75. The van der Waals surface area contributed by atoms with E-state index < -0.39 is 0 Å². The number of hydrogen-bond donors (Lipinski definition) is 0. The molecule has 0 saturated heterocycles. The molecule has 0 N–H and O–H groups in total. The van der Waals surface area contributed by atoms with Crippen molar-refractivity contribution in [1.82, 2.24) is 10.2 Å². The van der Waals surface area contributed by atoms with Gasteiger partial charge in [-0.25, -0.2) is 0 Å². The summed E-state index contributed by atoms with van der Waals surface area (Å²) in [6.07, 6.45) is 4.03. The normalized spacial score (nSPS) is 19.0. The molecular formula is C21H23N3O2. The minimum absolute atomic E-state index is 0.466. The van der Waals surface area contributed by atoms with Crippen LogP contribution in [0.15, 0.2) is 48.7 Å². The maximum absolute atomic E-state index is 5.46. The van der Waals surface area contributed by atoms with E-state index in [0.29, 0.717) is 23.5 Å². The number of ether oxygens (including phenoxy) is 2. The van der Waals surface area contributed by atoms with Crippen LogP contribution in [0.1, 0.15) is 24.3 Å². The average Bonchev–Trinajstić information content (AvgIpc) is 2.65. The molecule has 5 heteroatoms. The van der Waals surface area contributed by atoms with Crippen LogP contribution < -0.4 is 14.4 Å². The second-order valence-corrected chi connectivity index (χ2v) is 6.81. The molecule has 1 aliphatic rings. The molecule has 1 saturated carbocycles. The Morgan fingerprint density at radius 2 is 1.69 bits per heavy atom. The van der Waals surface area contributed by atoms with Gasteiger partial charge in [0.15, 0.2) is 17.3 Å². The third-order valence-electron chi connectivity index (χ3n) is 5.41. The zero-order valence-electron chi connectivity index (χ0n) is 15.3. The standard InChI is InChI=1S/C21H23N3O2/c1-24(17-9-15(10-17)14-7-5-4-6-8-14)21-18-12-20(26-3)19(25-2)11-16(18)13-22-23-21/h4-8,11-13,15,17H,9-10H2,1-3H3. The fraction of sp³-hybridized carbons (Fsp3) is 0.333. The van der Waals surface area contributed by atoms with Crippen LogP contribution in [0.25, 0.3) is 10.8 Å². The molecule has 2 aromatic carbocycles. The Kier molecular flexibility index (Phi) is 4.37.